The Bertz CT molecular complexity index is 694. The van der Waals surface area contributed by atoms with Gasteiger partial charge in [-0.25, -0.2) is 9.97 Å². The number of rotatable bonds is 2. The first-order valence-electron chi connectivity index (χ1n) is 5.98. The van der Waals surface area contributed by atoms with Crippen LogP contribution in [0.2, 0.25) is 10.0 Å². The molecule has 0 saturated heterocycles. The van der Waals surface area contributed by atoms with E-state index in [4.69, 9.17) is 33.7 Å². The molecule has 7 heteroatoms. The Balaban J connectivity index is 2.25. The summed E-state index contributed by atoms with van der Waals surface area (Å²) in [5.74, 6) is 1.35. The molecule has 4 nitrogen and oxygen atoms in total. The van der Waals surface area contributed by atoms with Crippen molar-refractivity contribution >= 4 is 41.8 Å². The number of fused-ring (bicyclic) bond motifs is 1. The van der Waals surface area contributed by atoms with Crippen LogP contribution in [0.15, 0.2) is 12.1 Å². The summed E-state index contributed by atoms with van der Waals surface area (Å²) in [6.45, 7) is 0.586. The lowest BCUT2D eigenvalue weighted by Gasteiger charge is -2.12. The van der Waals surface area contributed by atoms with Crippen molar-refractivity contribution in [2.45, 2.75) is 12.2 Å². The molecule has 1 aliphatic heterocycles. The number of ether oxygens (including phenoxy) is 1. The molecule has 104 valence electrons. The molecule has 0 aliphatic carbocycles. The summed E-state index contributed by atoms with van der Waals surface area (Å²) in [7, 11) is 0. The summed E-state index contributed by atoms with van der Waals surface area (Å²) in [4.78, 5) is 8.38. The number of benzene rings is 1. The zero-order chi connectivity index (χ0) is 14.3. The largest absolute Gasteiger partial charge is 0.491 e. The van der Waals surface area contributed by atoms with Crippen LogP contribution < -0.4 is 10.5 Å². The zero-order valence-corrected chi connectivity index (χ0v) is 12.8. The van der Waals surface area contributed by atoms with Crippen LogP contribution in [-0.4, -0.2) is 16.6 Å². The highest BCUT2D eigenvalue weighted by molar-refractivity contribution is 7.79. The Labute approximate surface area is 131 Å². The van der Waals surface area contributed by atoms with Crippen LogP contribution in [0.25, 0.3) is 11.3 Å². The molecule has 2 N–H and O–H groups in total. The molecule has 0 fully saturated rings. The molecule has 0 spiro atoms. The molecule has 1 aliphatic rings. The van der Waals surface area contributed by atoms with Crippen LogP contribution in [0.5, 0.6) is 5.75 Å². The highest BCUT2D eigenvalue weighted by Gasteiger charge is 2.24. The van der Waals surface area contributed by atoms with Crippen molar-refractivity contribution < 1.29 is 4.74 Å². The predicted molar refractivity (Wildman–Crippen MR) is 83.8 cm³/mol. The second-order valence-electron chi connectivity index (χ2n) is 4.38. The molecule has 0 radical (unpaired) electrons. The Morgan fingerprint density at radius 1 is 1.25 bits per heavy atom. The molecular formula is C13H11Cl2N3OS. The third-order valence-corrected chi connectivity index (χ3v) is 4.00. The minimum absolute atomic E-state index is 0.199. The number of halogens is 2. The topological polar surface area (TPSA) is 61.0 Å². The summed E-state index contributed by atoms with van der Waals surface area (Å²) in [6, 6.07) is 3.50. The monoisotopic (exact) mass is 327 g/mol. The maximum absolute atomic E-state index is 6.34. The van der Waals surface area contributed by atoms with E-state index in [1.807, 2.05) is 6.07 Å². The third-order valence-electron chi connectivity index (χ3n) is 3.10. The number of nitrogens with two attached hydrogens (primary N) is 1. The second kappa shape index (κ2) is 5.31. The summed E-state index contributed by atoms with van der Waals surface area (Å²) < 4.78 is 5.55. The van der Waals surface area contributed by atoms with Crippen molar-refractivity contribution in [1.29, 1.82) is 0 Å². The summed E-state index contributed by atoms with van der Waals surface area (Å²) >= 11 is 16.7. The van der Waals surface area contributed by atoms with Crippen LogP contribution in [0.3, 0.4) is 0 Å². The minimum atomic E-state index is 0.199. The van der Waals surface area contributed by atoms with Crippen molar-refractivity contribution in [3.05, 3.63) is 33.4 Å². The van der Waals surface area contributed by atoms with E-state index in [0.29, 0.717) is 33.8 Å². The molecule has 1 aromatic carbocycles. The Hall–Kier alpha value is -1.17. The molecule has 2 heterocycles. The molecule has 20 heavy (non-hydrogen) atoms. The highest BCUT2D eigenvalue weighted by Crippen LogP contribution is 2.44. The lowest BCUT2D eigenvalue weighted by atomic mass is 10.0. The zero-order valence-electron chi connectivity index (χ0n) is 10.4. The Kier molecular flexibility index (Phi) is 3.67. The quantitative estimate of drug-likeness (QED) is 0.830. The number of anilines is 1. The van der Waals surface area contributed by atoms with E-state index in [9.17, 15) is 0 Å². The standard InChI is InChI=1S/C13H11Cl2N3OS/c14-8-4-9(15)12-7(1-2-19-12)11(8)10-3-6(5-20)17-13(16)18-10/h3-4,20H,1-2,5H2,(H2,16,17,18). The Morgan fingerprint density at radius 2 is 2.05 bits per heavy atom. The van der Waals surface area contributed by atoms with Gasteiger partial charge >= 0.3 is 0 Å². The van der Waals surface area contributed by atoms with Crippen molar-refractivity contribution in [1.82, 2.24) is 9.97 Å². The maximum Gasteiger partial charge on any atom is 0.220 e. The summed E-state index contributed by atoms with van der Waals surface area (Å²) in [5.41, 5.74) is 8.93. The van der Waals surface area contributed by atoms with Crippen molar-refractivity contribution in [3.8, 4) is 17.0 Å². The first-order chi connectivity index (χ1) is 9.60. The normalized spacial score (nSPS) is 13.2. The number of hydrogen-bond acceptors (Lipinski definition) is 5. The van der Waals surface area contributed by atoms with Crippen molar-refractivity contribution in [2.75, 3.05) is 12.3 Å². The average molecular weight is 328 g/mol. The number of thiol groups is 1. The van der Waals surface area contributed by atoms with Gasteiger partial charge in [0, 0.05) is 23.3 Å². The van der Waals surface area contributed by atoms with Crippen LogP contribution in [0.1, 0.15) is 11.3 Å². The van der Waals surface area contributed by atoms with Gasteiger partial charge in [-0.15, -0.1) is 0 Å². The van der Waals surface area contributed by atoms with Crippen molar-refractivity contribution in [2.24, 2.45) is 0 Å². The van der Waals surface area contributed by atoms with Gasteiger partial charge in [0.1, 0.15) is 5.75 Å². The first kappa shape index (κ1) is 13.8. The van der Waals surface area contributed by atoms with E-state index < -0.39 is 0 Å². The van der Waals surface area contributed by atoms with Gasteiger partial charge in [-0.05, 0) is 12.1 Å². The predicted octanol–water partition coefficient (Wildman–Crippen LogP) is 3.40. The van der Waals surface area contributed by atoms with Crippen LogP contribution >= 0.6 is 35.8 Å². The van der Waals surface area contributed by atoms with Gasteiger partial charge < -0.3 is 10.5 Å². The maximum atomic E-state index is 6.34. The van der Waals surface area contributed by atoms with Crippen LogP contribution in [0, 0.1) is 0 Å². The first-order valence-corrected chi connectivity index (χ1v) is 7.37. The van der Waals surface area contributed by atoms with E-state index in [2.05, 4.69) is 22.6 Å². The number of nitrogens with zero attached hydrogens (tertiary/aromatic N) is 2. The number of nitrogen functional groups attached to an aromatic ring is 1. The molecule has 3 rings (SSSR count). The van der Waals surface area contributed by atoms with Gasteiger partial charge in [-0.3, -0.25) is 0 Å². The van der Waals surface area contributed by atoms with E-state index in [1.54, 1.807) is 6.07 Å². The van der Waals surface area contributed by atoms with Gasteiger partial charge in [-0.2, -0.15) is 12.6 Å². The molecule has 1 aromatic heterocycles. The third kappa shape index (κ3) is 2.30. The van der Waals surface area contributed by atoms with Gasteiger partial charge in [0.2, 0.25) is 5.95 Å². The smallest absolute Gasteiger partial charge is 0.220 e. The molecule has 2 aromatic rings. The fraction of sp³-hybridized carbons (Fsp3) is 0.231. The van der Waals surface area contributed by atoms with Gasteiger partial charge in [0.05, 0.1) is 28.0 Å². The van der Waals surface area contributed by atoms with Crippen LogP contribution in [-0.2, 0) is 12.2 Å². The Morgan fingerprint density at radius 3 is 2.80 bits per heavy atom. The summed E-state index contributed by atoms with van der Waals surface area (Å²) in [5, 5.41) is 1.05. The highest BCUT2D eigenvalue weighted by atomic mass is 35.5. The van der Waals surface area contributed by atoms with Gasteiger partial charge in [0.25, 0.3) is 0 Å². The fourth-order valence-electron chi connectivity index (χ4n) is 2.30. The van der Waals surface area contributed by atoms with Gasteiger partial charge in [-0.1, -0.05) is 23.2 Å². The minimum Gasteiger partial charge on any atom is -0.491 e. The lowest BCUT2D eigenvalue weighted by molar-refractivity contribution is 0.357. The molecular weight excluding hydrogens is 317 g/mol. The van der Waals surface area contributed by atoms with Gasteiger partial charge in [0.15, 0.2) is 0 Å². The molecule has 0 unspecified atom stereocenters. The number of hydrogen-bond donors (Lipinski definition) is 2. The molecule has 0 amide bonds. The number of aromatic nitrogens is 2. The SMILES string of the molecule is Nc1nc(CS)cc(-c2c(Cl)cc(Cl)c3c2CCO3)n1. The second-order valence-corrected chi connectivity index (χ2v) is 5.51. The van der Waals surface area contributed by atoms with E-state index in [-0.39, 0.29) is 5.95 Å². The van der Waals surface area contributed by atoms with E-state index >= 15 is 0 Å². The molecule has 0 saturated carbocycles. The van der Waals surface area contributed by atoms with Crippen LogP contribution in [0.4, 0.5) is 5.95 Å². The molecule has 0 bridgehead atoms. The average Bonchev–Trinajstić information content (AvgIpc) is 2.87. The van der Waals surface area contributed by atoms with E-state index in [0.717, 1.165) is 23.2 Å². The van der Waals surface area contributed by atoms with E-state index in [1.165, 1.54) is 0 Å². The lowest BCUT2D eigenvalue weighted by Crippen LogP contribution is -2.01. The molecule has 0 atom stereocenters. The summed E-state index contributed by atoms with van der Waals surface area (Å²) in [6.07, 6.45) is 0.741. The fourth-order valence-corrected chi connectivity index (χ4v) is 3.12. The van der Waals surface area contributed by atoms with Crippen molar-refractivity contribution in [3.63, 3.8) is 0 Å².